The van der Waals surface area contributed by atoms with Gasteiger partial charge in [-0.25, -0.2) is 4.79 Å². The van der Waals surface area contributed by atoms with Crippen molar-refractivity contribution in [1.29, 1.82) is 0 Å². The standard InChI is InChI=1S/C54H78O13/c1-36(2)40-31-38-11-13-46-51(5,43(38)33-42(40)48(57)65-28-24-60-20-19-55)15-9-17-53(46,7)49(58)66-29-25-62-26-30-67-50(59)54(8)18-10-16-52(6)44-34-45(64-27-23-61-21-22-63-35-56)41(37(3)4)32-39(44)12-14-47(52)54/h31-37,46-47,55H,9-30H2,1-8H3. The van der Waals surface area contributed by atoms with Crippen LogP contribution in [0.25, 0.3) is 0 Å². The average Bonchev–Trinajstić information content (AvgIpc) is 3.29. The molecule has 2 fully saturated rings. The second kappa shape index (κ2) is 23.0. The normalized spacial score (nSPS) is 26.4. The SMILES string of the molecule is CC(C)c1cc2c(cc1OCCOCCOC=O)C1(C)CCCC(C)(C(=O)OCCOCCOC(=O)C3(C)CCCC4(C)c5cc(C(=O)OCCOCCO)c(C(C)C)cc5CCC34)C1CC2. The first-order chi connectivity index (χ1) is 32.0. The number of hydrogen-bond acceptors (Lipinski definition) is 13. The number of aryl methyl sites for hydroxylation is 2. The van der Waals surface area contributed by atoms with Gasteiger partial charge >= 0.3 is 17.9 Å². The number of esters is 3. The summed E-state index contributed by atoms with van der Waals surface area (Å²) in [5.41, 5.74) is 5.68. The Morgan fingerprint density at radius 2 is 1.09 bits per heavy atom. The number of hydrogen-bond donors (Lipinski definition) is 1. The maximum absolute atomic E-state index is 14.0. The Kier molecular flexibility index (Phi) is 18.0. The Morgan fingerprint density at radius 3 is 1.61 bits per heavy atom. The molecule has 0 aromatic heterocycles. The number of rotatable bonds is 24. The van der Waals surface area contributed by atoms with Crippen LogP contribution in [0.3, 0.4) is 0 Å². The molecule has 6 rings (SSSR count). The largest absolute Gasteiger partial charge is 0.491 e. The molecule has 0 radical (unpaired) electrons. The topological polar surface area (TPSA) is 162 Å². The second-order valence-electron chi connectivity index (χ2n) is 20.8. The van der Waals surface area contributed by atoms with Crippen molar-refractivity contribution in [3.8, 4) is 5.75 Å². The number of aliphatic hydroxyl groups is 1. The van der Waals surface area contributed by atoms with Gasteiger partial charge in [-0.15, -0.1) is 0 Å². The zero-order valence-electron chi connectivity index (χ0n) is 41.6. The van der Waals surface area contributed by atoms with Crippen molar-refractivity contribution >= 4 is 24.4 Å². The van der Waals surface area contributed by atoms with E-state index in [1.54, 1.807) is 0 Å². The summed E-state index contributed by atoms with van der Waals surface area (Å²) in [5, 5.41) is 9.00. The third kappa shape index (κ3) is 11.4. The molecule has 13 nitrogen and oxygen atoms in total. The molecule has 0 amide bonds. The van der Waals surface area contributed by atoms with Gasteiger partial charge in [0.15, 0.2) is 0 Å². The van der Waals surface area contributed by atoms with Crippen molar-refractivity contribution in [3.63, 3.8) is 0 Å². The van der Waals surface area contributed by atoms with Crippen LogP contribution in [0.5, 0.6) is 5.75 Å². The van der Waals surface area contributed by atoms with E-state index >= 15 is 0 Å². The number of carbonyl (C=O) groups excluding carboxylic acids is 4. The van der Waals surface area contributed by atoms with Crippen LogP contribution in [0.1, 0.15) is 162 Å². The highest BCUT2D eigenvalue weighted by Crippen LogP contribution is 2.60. The maximum atomic E-state index is 14.0. The van der Waals surface area contributed by atoms with Crippen molar-refractivity contribution < 1.29 is 62.2 Å². The fraction of sp³-hybridized carbons (Fsp3) is 0.704. The number of aliphatic hydroxyl groups excluding tert-OH is 1. The van der Waals surface area contributed by atoms with Crippen LogP contribution >= 0.6 is 0 Å². The molecule has 1 N–H and O–H groups in total. The highest BCUT2D eigenvalue weighted by atomic mass is 16.6. The predicted octanol–water partition coefficient (Wildman–Crippen LogP) is 8.49. The molecule has 0 saturated heterocycles. The van der Waals surface area contributed by atoms with Crippen LogP contribution in [-0.4, -0.2) is 109 Å². The number of fused-ring (bicyclic) bond motifs is 6. The predicted molar refractivity (Wildman–Crippen MR) is 253 cm³/mol. The molecule has 13 heteroatoms. The van der Waals surface area contributed by atoms with E-state index in [4.69, 9.17) is 43.0 Å². The quantitative estimate of drug-likeness (QED) is 0.0462. The first-order valence-corrected chi connectivity index (χ1v) is 24.9. The van der Waals surface area contributed by atoms with Crippen LogP contribution in [0.4, 0.5) is 0 Å². The Morgan fingerprint density at radius 1 is 0.612 bits per heavy atom. The van der Waals surface area contributed by atoms with E-state index in [0.717, 1.165) is 86.6 Å². The lowest BCUT2D eigenvalue weighted by molar-refractivity contribution is -0.167. The van der Waals surface area contributed by atoms with E-state index < -0.39 is 10.8 Å². The van der Waals surface area contributed by atoms with Gasteiger partial charge in [0.1, 0.15) is 38.8 Å². The van der Waals surface area contributed by atoms with Crippen molar-refractivity contribution in [2.24, 2.45) is 22.7 Å². The highest BCUT2D eigenvalue weighted by Gasteiger charge is 2.57. The summed E-state index contributed by atoms with van der Waals surface area (Å²) in [6.07, 6.45) is 8.56. The lowest BCUT2D eigenvalue weighted by atomic mass is 9.49. The molecule has 2 saturated carbocycles. The third-order valence-corrected chi connectivity index (χ3v) is 15.9. The molecular formula is C54H78O13. The molecule has 4 aliphatic carbocycles. The smallest absolute Gasteiger partial charge is 0.338 e. The third-order valence-electron chi connectivity index (χ3n) is 15.9. The van der Waals surface area contributed by atoms with Gasteiger partial charge in [-0.3, -0.25) is 14.4 Å². The minimum atomic E-state index is -0.708. The zero-order valence-corrected chi connectivity index (χ0v) is 41.6. The summed E-state index contributed by atoms with van der Waals surface area (Å²) in [6.45, 7) is 19.9. The van der Waals surface area contributed by atoms with Crippen LogP contribution in [0.15, 0.2) is 24.3 Å². The molecule has 0 heterocycles. The minimum Gasteiger partial charge on any atom is -0.491 e. The summed E-state index contributed by atoms with van der Waals surface area (Å²) in [7, 11) is 0. The van der Waals surface area contributed by atoms with Gasteiger partial charge in [-0.2, -0.15) is 0 Å². The van der Waals surface area contributed by atoms with Crippen LogP contribution in [0.2, 0.25) is 0 Å². The summed E-state index contributed by atoms with van der Waals surface area (Å²) in [6, 6.07) is 8.72. The van der Waals surface area contributed by atoms with Gasteiger partial charge in [-0.1, -0.05) is 66.5 Å². The van der Waals surface area contributed by atoms with Crippen molar-refractivity contribution in [2.45, 2.75) is 142 Å². The number of benzene rings is 2. The number of carbonyl (C=O) groups is 4. The molecule has 2 aromatic rings. The molecule has 6 atom stereocenters. The second-order valence-corrected chi connectivity index (χ2v) is 20.8. The van der Waals surface area contributed by atoms with Gasteiger partial charge in [0.2, 0.25) is 0 Å². The summed E-state index contributed by atoms with van der Waals surface area (Å²) in [5.74, 6) is 0.551. The van der Waals surface area contributed by atoms with Gasteiger partial charge in [-0.05, 0) is 145 Å². The summed E-state index contributed by atoms with van der Waals surface area (Å²) < 4.78 is 45.3. The molecule has 0 bridgehead atoms. The van der Waals surface area contributed by atoms with Gasteiger partial charge in [0.05, 0.1) is 62.6 Å². The summed E-state index contributed by atoms with van der Waals surface area (Å²) >= 11 is 0. The number of ether oxygens (including phenoxy) is 8. The summed E-state index contributed by atoms with van der Waals surface area (Å²) in [4.78, 5) is 51.9. The van der Waals surface area contributed by atoms with E-state index in [0.29, 0.717) is 31.9 Å². The van der Waals surface area contributed by atoms with Crippen LogP contribution in [0, 0.1) is 22.7 Å². The lowest BCUT2D eigenvalue weighted by Gasteiger charge is -2.54. The fourth-order valence-corrected chi connectivity index (χ4v) is 12.5. The maximum Gasteiger partial charge on any atom is 0.338 e. The molecule has 4 aliphatic rings. The van der Waals surface area contributed by atoms with E-state index in [1.165, 1.54) is 16.7 Å². The Labute approximate surface area is 398 Å². The molecule has 2 aromatic carbocycles. The molecular weight excluding hydrogens is 857 g/mol. The molecule has 0 spiro atoms. The zero-order chi connectivity index (χ0) is 48.4. The monoisotopic (exact) mass is 935 g/mol. The highest BCUT2D eigenvalue weighted by molar-refractivity contribution is 5.92. The molecule has 6 unspecified atom stereocenters. The van der Waals surface area contributed by atoms with Gasteiger partial charge < -0.3 is 43.0 Å². The van der Waals surface area contributed by atoms with Gasteiger partial charge in [0.25, 0.3) is 6.47 Å². The van der Waals surface area contributed by atoms with E-state index in [1.807, 2.05) is 13.0 Å². The molecule has 0 aliphatic heterocycles. The first-order valence-electron chi connectivity index (χ1n) is 24.9. The van der Waals surface area contributed by atoms with Crippen molar-refractivity contribution in [3.05, 3.63) is 63.2 Å². The van der Waals surface area contributed by atoms with E-state index in [9.17, 15) is 19.2 Å². The Bertz CT molecular complexity index is 2030. The minimum absolute atomic E-state index is 0.0238. The van der Waals surface area contributed by atoms with Crippen LogP contribution < -0.4 is 4.74 Å². The van der Waals surface area contributed by atoms with E-state index in [2.05, 4.69) is 66.7 Å². The van der Waals surface area contributed by atoms with Crippen molar-refractivity contribution in [1.82, 2.24) is 0 Å². The fourth-order valence-electron chi connectivity index (χ4n) is 12.5. The lowest BCUT2D eigenvalue weighted by Crippen LogP contribution is -2.53. The Hall–Kier alpha value is -4.04. The van der Waals surface area contributed by atoms with Gasteiger partial charge in [0, 0.05) is 0 Å². The first kappa shape index (κ1) is 52.3. The molecule has 67 heavy (non-hydrogen) atoms. The van der Waals surface area contributed by atoms with Crippen LogP contribution in [-0.2, 0) is 71.2 Å². The Balaban J connectivity index is 1.01. The average molecular weight is 935 g/mol. The van der Waals surface area contributed by atoms with Crippen molar-refractivity contribution in [2.75, 3.05) is 79.3 Å². The van der Waals surface area contributed by atoms with E-state index in [-0.39, 0.29) is 112 Å². The molecule has 372 valence electrons.